The number of halogens is 2. The summed E-state index contributed by atoms with van der Waals surface area (Å²) >= 11 is 12.1. The van der Waals surface area contributed by atoms with Gasteiger partial charge < -0.3 is 5.32 Å². The van der Waals surface area contributed by atoms with Gasteiger partial charge in [0.25, 0.3) is 0 Å². The summed E-state index contributed by atoms with van der Waals surface area (Å²) in [6.07, 6.45) is 1.53. The zero-order valence-corrected chi connectivity index (χ0v) is 14.5. The van der Waals surface area contributed by atoms with Crippen LogP contribution in [0.3, 0.4) is 0 Å². The quantitative estimate of drug-likeness (QED) is 0.575. The molecule has 1 unspecified atom stereocenters. The minimum absolute atomic E-state index is 0.0390. The Morgan fingerprint density at radius 3 is 2.43 bits per heavy atom. The molecule has 1 N–H and O–H groups in total. The number of nitro groups is 1. The maximum Gasteiger partial charge on any atom is 0.319 e. The van der Waals surface area contributed by atoms with Crippen LogP contribution in [0.15, 0.2) is 30.5 Å². The van der Waals surface area contributed by atoms with Crippen LogP contribution in [0.4, 0.5) is 11.5 Å². The summed E-state index contributed by atoms with van der Waals surface area (Å²) in [6.45, 7) is 6.02. The Morgan fingerprint density at radius 2 is 1.87 bits per heavy atom. The molecule has 0 aliphatic carbocycles. The molecule has 0 fully saturated rings. The van der Waals surface area contributed by atoms with Crippen LogP contribution in [-0.4, -0.2) is 15.9 Å². The van der Waals surface area contributed by atoms with Crippen LogP contribution in [0.2, 0.25) is 10.0 Å². The summed E-state index contributed by atoms with van der Waals surface area (Å²) < 4.78 is 0. The standard InChI is InChI=1S/C16H17Cl2N3O2/c1-9(2)10(3)20-16-15(21(22)23)13(6-7-19-16)12-5-4-11(17)8-14(12)18/h4-10H,1-3H3,(H,19,20). The summed E-state index contributed by atoms with van der Waals surface area (Å²) in [4.78, 5) is 15.3. The smallest absolute Gasteiger partial charge is 0.319 e. The van der Waals surface area contributed by atoms with Crippen molar-refractivity contribution in [1.29, 1.82) is 0 Å². The van der Waals surface area contributed by atoms with Gasteiger partial charge in [0.2, 0.25) is 5.82 Å². The van der Waals surface area contributed by atoms with Gasteiger partial charge in [-0.05, 0) is 31.0 Å². The second-order valence-electron chi connectivity index (χ2n) is 5.61. The monoisotopic (exact) mass is 353 g/mol. The highest BCUT2D eigenvalue weighted by atomic mass is 35.5. The van der Waals surface area contributed by atoms with Crippen molar-refractivity contribution in [3.8, 4) is 11.1 Å². The molecule has 0 aliphatic heterocycles. The molecule has 0 saturated carbocycles. The van der Waals surface area contributed by atoms with Gasteiger partial charge in [0, 0.05) is 22.8 Å². The average molecular weight is 354 g/mol. The molecule has 2 aromatic rings. The van der Waals surface area contributed by atoms with E-state index in [4.69, 9.17) is 23.2 Å². The van der Waals surface area contributed by atoms with E-state index in [0.717, 1.165) is 0 Å². The van der Waals surface area contributed by atoms with Crippen molar-refractivity contribution >= 4 is 34.7 Å². The van der Waals surface area contributed by atoms with E-state index < -0.39 is 4.92 Å². The van der Waals surface area contributed by atoms with Crippen LogP contribution in [-0.2, 0) is 0 Å². The second kappa shape index (κ2) is 7.15. The fraction of sp³-hybridized carbons (Fsp3) is 0.312. The lowest BCUT2D eigenvalue weighted by atomic mass is 10.0. The van der Waals surface area contributed by atoms with Gasteiger partial charge in [-0.3, -0.25) is 10.1 Å². The van der Waals surface area contributed by atoms with Gasteiger partial charge in [0.15, 0.2) is 0 Å². The fourth-order valence-electron chi connectivity index (χ4n) is 2.05. The van der Waals surface area contributed by atoms with Crippen LogP contribution in [0.25, 0.3) is 11.1 Å². The zero-order valence-electron chi connectivity index (χ0n) is 13.0. The first-order valence-electron chi connectivity index (χ1n) is 7.16. The molecule has 0 bridgehead atoms. The second-order valence-corrected chi connectivity index (χ2v) is 6.46. The van der Waals surface area contributed by atoms with Gasteiger partial charge in [0.1, 0.15) is 0 Å². The lowest BCUT2D eigenvalue weighted by molar-refractivity contribution is -0.383. The van der Waals surface area contributed by atoms with E-state index in [0.29, 0.717) is 27.1 Å². The van der Waals surface area contributed by atoms with Crippen molar-refractivity contribution < 1.29 is 4.92 Å². The third-order valence-electron chi connectivity index (χ3n) is 3.69. The number of rotatable bonds is 5. The molecule has 2 rings (SSSR count). The maximum absolute atomic E-state index is 11.6. The first-order valence-corrected chi connectivity index (χ1v) is 7.92. The number of pyridine rings is 1. The highest BCUT2D eigenvalue weighted by Crippen LogP contribution is 2.39. The van der Waals surface area contributed by atoms with E-state index in [1.807, 2.05) is 20.8 Å². The Labute approximate surface area is 144 Å². The first-order chi connectivity index (χ1) is 10.8. The predicted octanol–water partition coefficient (Wildman–Crippen LogP) is 5.42. The van der Waals surface area contributed by atoms with E-state index in [9.17, 15) is 10.1 Å². The van der Waals surface area contributed by atoms with Crippen molar-refractivity contribution in [1.82, 2.24) is 4.98 Å². The number of nitrogens with one attached hydrogen (secondary N) is 1. The number of anilines is 1. The van der Waals surface area contributed by atoms with E-state index in [1.165, 1.54) is 6.20 Å². The molecule has 1 atom stereocenters. The lowest BCUT2D eigenvalue weighted by Gasteiger charge is -2.18. The number of nitrogens with zero attached hydrogens (tertiary/aromatic N) is 2. The molecule has 0 saturated heterocycles. The highest BCUT2D eigenvalue weighted by Gasteiger charge is 2.25. The summed E-state index contributed by atoms with van der Waals surface area (Å²) in [5.74, 6) is 0.541. The minimum atomic E-state index is -0.442. The lowest BCUT2D eigenvalue weighted by Crippen LogP contribution is -2.22. The highest BCUT2D eigenvalue weighted by molar-refractivity contribution is 6.36. The fourth-order valence-corrected chi connectivity index (χ4v) is 2.56. The Hall–Kier alpha value is -1.85. The predicted molar refractivity (Wildman–Crippen MR) is 94.3 cm³/mol. The van der Waals surface area contributed by atoms with Crippen LogP contribution in [0.5, 0.6) is 0 Å². The average Bonchev–Trinajstić information content (AvgIpc) is 2.46. The van der Waals surface area contributed by atoms with Gasteiger partial charge in [-0.2, -0.15) is 0 Å². The van der Waals surface area contributed by atoms with E-state index in [-0.39, 0.29) is 17.5 Å². The normalized spacial score (nSPS) is 12.3. The molecule has 0 amide bonds. The number of aromatic nitrogens is 1. The SMILES string of the molecule is CC(C)C(C)Nc1nccc(-c2ccc(Cl)cc2Cl)c1[N+](=O)[O-]. The minimum Gasteiger partial charge on any atom is -0.362 e. The number of hydrogen-bond donors (Lipinski definition) is 1. The Balaban J connectivity index is 2.58. The van der Waals surface area contributed by atoms with Gasteiger partial charge in [0.05, 0.1) is 15.5 Å². The molecule has 1 aromatic carbocycles. The molecule has 23 heavy (non-hydrogen) atoms. The van der Waals surface area contributed by atoms with Gasteiger partial charge >= 0.3 is 5.69 Å². The van der Waals surface area contributed by atoms with Crippen LogP contribution in [0, 0.1) is 16.0 Å². The molecule has 0 radical (unpaired) electrons. The van der Waals surface area contributed by atoms with Crippen molar-refractivity contribution in [3.05, 3.63) is 50.6 Å². The molecule has 0 spiro atoms. The maximum atomic E-state index is 11.6. The third-order valence-corrected chi connectivity index (χ3v) is 4.24. The molecule has 0 aliphatic rings. The Bertz CT molecular complexity index is 735. The van der Waals surface area contributed by atoms with Crippen molar-refractivity contribution in [2.45, 2.75) is 26.8 Å². The van der Waals surface area contributed by atoms with Crippen LogP contribution < -0.4 is 5.32 Å². The van der Waals surface area contributed by atoms with E-state index in [2.05, 4.69) is 10.3 Å². The van der Waals surface area contributed by atoms with E-state index in [1.54, 1.807) is 24.3 Å². The summed E-state index contributed by atoms with van der Waals surface area (Å²) in [6, 6.07) is 6.50. The topological polar surface area (TPSA) is 68.1 Å². The van der Waals surface area contributed by atoms with Gasteiger partial charge in [-0.25, -0.2) is 4.98 Å². The van der Waals surface area contributed by atoms with Crippen LogP contribution in [0.1, 0.15) is 20.8 Å². The van der Waals surface area contributed by atoms with E-state index >= 15 is 0 Å². The van der Waals surface area contributed by atoms with Crippen molar-refractivity contribution in [3.63, 3.8) is 0 Å². The molecule has 122 valence electrons. The third kappa shape index (κ3) is 3.92. The zero-order chi connectivity index (χ0) is 17.1. The summed E-state index contributed by atoms with van der Waals surface area (Å²) in [7, 11) is 0. The van der Waals surface area contributed by atoms with Gasteiger partial charge in [-0.1, -0.05) is 43.1 Å². The first kappa shape index (κ1) is 17.5. The molecule has 5 nitrogen and oxygen atoms in total. The molecule has 1 aromatic heterocycles. The van der Waals surface area contributed by atoms with Crippen molar-refractivity contribution in [2.75, 3.05) is 5.32 Å². The molecular formula is C16H17Cl2N3O2. The molecule has 1 heterocycles. The Morgan fingerprint density at radius 1 is 1.17 bits per heavy atom. The summed E-state index contributed by atoms with van der Waals surface area (Å²) in [5, 5.41) is 15.5. The Kier molecular flexibility index (Phi) is 5.44. The molecule has 7 heteroatoms. The van der Waals surface area contributed by atoms with Gasteiger partial charge in [-0.15, -0.1) is 0 Å². The largest absolute Gasteiger partial charge is 0.362 e. The van der Waals surface area contributed by atoms with Crippen molar-refractivity contribution in [2.24, 2.45) is 5.92 Å². The van der Waals surface area contributed by atoms with Crippen LogP contribution >= 0.6 is 23.2 Å². The number of benzene rings is 1. The molecular weight excluding hydrogens is 337 g/mol. The number of hydrogen-bond acceptors (Lipinski definition) is 4. The summed E-state index contributed by atoms with van der Waals surface area (Å²) in [5.41, 5.74) is 0.861.